The second-order valence-electron chi connectivity index (χ2n) is 3.93. The third kappa shape index (κ3) is 1.76. The Bertz CT molecular complexity index is 656. The van der Waals surface area contributed by atoms with Gasteiger partial charge in [-0.1, -0.05) is 0 Å². The number of carbonyl (C=O) groups is 1. The van der Waals surface area contributed by atoms with E-state index in [0.717, 1.165) is 16.7 Å². The summed E-state index contributed by atoms with van der Waals surface area (Å²) >= 11 is 5.83. The summed E-state index contributed by atoms with van der Waals surface area (Å²) in [5, 5.41) is 0.411. The molecule has 0 aliphatic carbocycles. The minimum atomic E-state index is -0.310. The molecule has 0 fully saturated rings. The molecule has 0 N–H and O–H groups in total. The van der Waals surface area contributed by atoms with E-state index >= 15 is 0 Å². The molecule has 0 atom stereocenters. The first-order chi connectivity index (χ1) is 8.10. The van der Waals surface area contributed by atoms with E-state index in [4.69, 9.17) is 16.0 Å². The third-order valence-electron chi connectivity index (χ3n) is 3.03. The molecular formula is C13H11ClO3. The fourth-order valence-corrected chi connectivity index (χ4v) is 2.11. The second kappa shape index (κ2) is 4.34. The van der Waals surface area contributed by atoms with E-state index < -0.39 is 0 Å². The maximum atomic E-state index is 12.0. The summed E-state index contributed by atoms with van der Waals surface area (Å²) in [4.78, 5) is 22.6. The summed E-state index contributed by atoms with van der Waals surface area (Å²) in [6.45, 7) is 3.80. The number of hydrogen-bond acceptors (Lipinski definition) is 3. The summed E-state index contributed by atoms with van der Waals surface area (Å²) in [5.41, 5.74) is 3.01. The van der Waals surface area contributed by atoms with Gasteiger partial charge in [-0.25, -0.2) is 0 Å². The molecule has 1 aromatic carbocycles. The molecule has 0 saturated heterocycles. The molecule has 3 nitrogen and oxygen atoms in total. The zero-order chi connectivity index (χ0) is 12.6. The highest BCUT2D eigenvalue weighted by atomic mass is 35.5. The topological polar surface area (TPSA) is 47.3 Å². The molecule has 0 aliphatic heterocycles. The summed E-state index contributed by atoms with van der Waals surface area (Å²) < 4.78 is 5.35. The molecule has 4 heteroatoms. The van der Waals surface area contributed by atoms with Crippen molar-refractivity contribution in [2.45, 2.75) is 19.7 Å². The Labute approximate surface area is 103 Å². The Balaban J connectivity index is 2.97. The predicted octanol–water partition coefficient (Wildman–Crippen LogP) is 2.96. The third-order valence-corrected chi connectivity index (χ3v) is 3.32. The lowest BCUT2D eigenvalue weighted by Crippen LogP contribution is -2.09. The smallest absolute Gasteiger partial charge is 0.203 e. The van der Waals surface area contributed by atoms with Gasteiger partial charge in [0.25, 0.3) is 0 Å². The van der Waals surface area contributed by atoms with E-state index in [-0.39, 0.29) is 11.0 Å². The fraction of sp³-hybridized carbons (Fsp3) is 0.231. The largest absolute Gasteiger partial charge is 0.463 e. The van der Waals surface area contributed by atoms with Gasteiger partial charge in [0.1, 0.15) is 11.8 Å². The standard InChI is InChI=1S/C13H11ClO3/c1-7-8(2)13-11(3-9(7)4-14)12(16)10(5-15)6-17-13/h3,5-6H,4H2,1-2H3. The molecule has 88 valence electrons. The Morgan fingerprint density at radius 3 is 2.65 bits per heavy atom. The number of carbonyl (C=O) groups excluding carboxylic acids is 1. The maximum Gasteiger partial charge on any atom is 0.203 e. The molecule has 17 heavy (non-hydrogen) atoms. The SMILES string of the molecule is Cc1c(CCl)cc2c(=O)c(C=O)coc2c1C. The van der Waals surface area contributed by atoms with E-state index in [1.54, 1.807) is 6.07 Å². The van der Waals surface area contributed by atoms with Crippen LogP contribution in [0.25, 0.3) is 11.0 Å². The van der Waals surface area contributed by atoms with Gasteiger partial charge in [-0.3, -0.25) is 9.59 Å². The highest BCUT2D eigenvalue weighted by Crippen LogP contribution is 2.24. The van der Waals surface area contributed by atoms with Crippen molar-refractivity contribution in [2.24, 2.45) is 0 Å². The van der Waals surface area contributed by atoms with Gasteiger partial charge in [-0.2, -0.15) is 0 Å². The average Bonchev–Trinajstić information content (AvgIpc) is 2.34. The van der Waals surface area contributed by atoms with Crippen LogP contribution >= 0.6 is 11.6 Å². The van der Waals surface area contributed by atoms with E-state index in [2.05, 4.69) is 0 Å². The number of fused-ring (bicyclic) bond motifs is 1. The first kappa shape index (κ1) is 11.9. The quantitative estimate of drug-likeness (QED) is 0.608. The van der Waals surface area contributed by atoms with Crippen molar-refractivity contribution in [3.8, 4) is 0 Å². The molecule has 0 spiro atoms. The number of halogens is 1. The van der Waals surface area contributed by atoms with Gasteiger partial charge in [0, 0.05) is 5.88 Å². The van der Waals surface area contributed by atoms with Crippen molar-refractivity contribution in [1.82, 2.24) is 0 Å². The first-order valence-corrected chi connectivity index (χ1v) is 5.69. The van der Waals surface area contributed by atoms with Gasteiger partial charge in [-0.05, 0) is 36.6 Å². The number of benzene rings is 1. The molecule has 0 radical (unpaired) electrons. The Morgan fingerprint density at radius 1 is 1.35 bits per heavy atom. The number of hydrogen-bond donors (Lipinski definition) is 0. The van der Waals surface area contributed by atoms with Crippen LogP contribution in [0.15, 0.2) is 21.5 Å². The predicted molar refractivity (Wildman–Crippen MR) is 66.9 cm³/mol. The van der Waals surface area contributed by atoms with Gasteiger partial charge < -0.3 is 4.42 Å². The van der Waals surface area contributed by atoms with Crippen LogP contribution in [0.4, 0.5) is 0 Å². The molecule has 0 unspecified atom stereocenters. The van der Waals surface area contributed by atoms with Crippen molar-refractivity contribution < 1.29 is 9.21 Å². The number of alkyl halides is 1. The van der Waals surface area contributed by atoms with Gasteiger partial charge in [-0.15, -0.1) is 11.6 Å². The van der Waals surface area contributed by atoms with E-state index in [0.29, 0.717) is 23.1 Å². The summed E-state index contributed by atoms with van der Waals surface area (Å²) in [6, 6.07) is 1.70. The van der Waals surface area contributed by atoms with Crippen LogP contribution in [0.3, 0.4) is 0 Å². The maximum absolute atomic E-state index is 12.0. The molecule has 0 saturated carbocycles. The fourth-order valence-electron chi connectivity index (χ4n) is 1.83. The van der Waals surface area contributed by atoms with Gasteiger partial charge in [0.15, 0.2) is 6.29 Å². The molecule has 1 aromatic heterocycles. The van der Waals surface area contributed by atoms with Crippen LogP contribution < -0.4 is 5.43 Å². The lowest BCUT2D eigenvalue weighted by atomic mass is 10.00. The van der Waals surface area contributed by atoms with Crippen molar-refractivity contribution in [1.29, 1.82) is 0 Å². The van der Waals surface area contributed by atoms with Crippen LogP contribution in [0.5, 0.6) is 0 Å². The summed E-state index contributed by atoms with van der Waals surface area (Å²) in [6.07, 6.45) is 1.70. The minimum Gasteiger partial charge on any atom is -0.463 e. The molecule has 2 aromatic rings. The van der Waals surface area contributed by atoms with Gasteiger partial charge in [0.05, 0.1) is 10.9 Å². The average molecular weight is 251 g/mol. The van der Waals surface area contributed by atoms with Crippen LogP contribution in [0.1, 0.15) is 27.0 Å². The molecule has 0 amide bonds. The first-order valence-electron chi connectivity index (χ1n) is 5.16. The van der Waals surface area contributed by atoms with Crippen LogP contribution in [0, 0.1) is 13.8 Å². The van der Waals surface area contributed by atoms with Crippen molar-refractivity contribution in [2.75, 3.05) is 0 Å². The molecular weight excluding hydrogens is 240 g/mol. The summed E-state index contributed by atoms with van der Waals surface area (Å²) in [5.74, 6) is 0.327. The summed E-state index contributed by atoms with van der Waals surface area (Å²) in [7, 11) is 0. The Kier molecular flexibility index (Phi) is 3.03. The van der Waals surface area contributed by atoms with Gasteiger partial charge >= 0.3 is 0 Å². The minimum absolute atomic E-state index is 0.0290. The Morgan fingerprint density at radius 2 is 2.06 bits per heavy atom. The molecule has 0 bridgehead atoms. The van der Waals surface area contributed by atoms with Crippen LogP contribution in [-0.4, -0.2) is 6.29 Å². The van der Waals surface area contributed by atoms with Crippen molar-refractivity contribution >= 4 is 28.9 Å². The van der Waals surface area contributed by atoms with E-state index in [1.165, 1.54) is 6.26 Å². The molecule has 1 heterocycles. The number of rotatable bonds is 2. The highest BCUT2D eigenvalue weighted by molar-refractivity contribution is 6.17. The molecule has 0 aliphatic rings. The zero-order valence-electron chi connectivity index (χ0n) is 9.54. The van der Waals surface area contributed by atoms with Crippen molar-refractivity contribution in [3.05, 3.63) is 44.8 Å². The highest BCUT2D eigenvalue weighted by Gasteiger charge is 2.12. The second-order valence-corrected chi connectivity index (χ2v) is 4.20. The monoisotopic (exact) mass is 250 g/mol. The van der Waals surface area contributed by atoms with E-state index in [1.807, 2.05) is 13.8 Å². The zero-order valence-corrected chi connectivity index (χ0v) is 10.3. The number of aldehydes is 1. The normalized spacial score (nSPS) is 10.8. The van der Waals surface area contributed by atoms with Crippen LogP contribution in [0.2, 0.25) is 0 Å². The Hall–Kier alpha value is -1.61. The van der Waals surface area contributed by atoms with Crippen LogP contribution in [-0.2, 0) is 5.88 Å². The molecule has 2 rings (SSSR count). The van der Waals surface area contributed by atoms with Gasteiger partial charge in [0.2, 0.25) is 5.43 Å². The van der Waals surface area contributed by atoms with E-state index in [9.17, 15) is 9.59 Å². The lowest BCUT2D eigenvalue weighted by molar-refractivity contribution is 0.112. The van der Waals surface area contributed by atoms with Crippen molar-refractivity contribution in [3.63, 3.8) is 0 Å². The lowest BCUT2D eigenvalue weighted by Gasteiger charge is -2.09. The number of aryl methyl sites for hydroxylation is 1.